The first-order valence-electron chi connectivity index (χ1n) is 10.1. The van der Waals surface area contributed by atoms with Crippen LogP contribution in [0.1, 0.15) is 12.0 Å². The highest BCUT2D eigenvalue weighted by atomic mass is 35.5. The lowest BCUT2D eigenvalue weighted by molar-refractivity contribution is 0.355. The lowest BCUT2D eigenvalue weighted by atomic mass is 10.2. The van der Waals surface area contributed by atoms with Crippen LogP contribution in [-0.4, -0.2) is 56.0 Å². The van der Waals surface area contributed by atoms with E-state index < -0.39 is 0 Å². The number of aromatic nitrogens is 2. The second-order valence-corrected chi connectivity index (χ2v) is 7.55. The van der Waals surface area contributed by atoms with Gasteiger partial charge in [0.15, 0.2) is 11.5 Å². The van der Waals surface area contributed by atoms with Gasteiger partial charge >= 0.3 is 5.69 Å². The monoisotopic (exact) mass is 463 g/mol. The van der Waals surface area contributed by atoms with E-state index in [1.807, 2.05) is 38.4 Å². The molecule has 1 aromatic heterocycles. The Morgan fingerprint density at radius 2 is 1.50 bits per heavy atom. The zero-order valence-electron chi connectivity index (χ0n) is 19.1. The zero-order chi connectivity index (χ0) is 22.5. The van der Waals surface area contributed by atoms with E-state index in [-0.39, 0.29) is 30.2 Å². The SMILES string of the molecule is COc1ccc(Cn2c(=O)c3cc(OC)c(OC)cc3n(CCCN(C)C)c2=O)cc1.Cl. The van der Waals surface area contributed by atoms with Gasteiger partial charge in [-0.25, -0.2) is 4.79 Å². The van der Waals surface area contributed by atoms with Gasteiger partial charge < -0.3 is 19.1 Å². The maximum atomic E-state index is 13.4. The van der Waals surface area contributed by atoms with Crippen molar-refractivity contribution in [3.63, 3.8) is 0 Å². The Balaban J connectivity index is 0.00000363. The maximum Gasteiger partial charge on any atom is 0.331 e. The van der Waals surface area contributed by atoms with Crippen LogP contribution in [-0.2, 0) is 13.1 Å². The van der Waals surface area contributed by atoms with Crippen LogP contribution in [0.15, 0.2) is 46.0 Å². The van der Waals surface area contributed by atoms with Crippen LogP contribution in [0.2, 0.25) is 0 Å². The molecule has 32 heavy (non-hydrogen) atoms. The molecule has 0 amide bonds. The van der Waals surface area contributed by atoms with E-state index >= 15 is 0 Å². The van der Waals surface area contributed by atoms with Crippen LogP contribution >= 0.6 is 12.4 Å². The van der Waals surface area contributed by atoms with E-state index in [1.54, 1.807) is 23.8 Å². The van der Waals surface area contributed by atoms with Crippen LogP contribution < -0.4 is 25.5 Å². The predicted molar refractivity (Wildman–Crippen MR) is 128 cm³/mol. The molecule has 2 aromatic carbocycles. The second kappa shape index (κ2) is 11.1. The molecule has 0 aliphatic rings. The number of ether oxygens (including phenoxy) is 3. The minimum atomic E-state index is -0.361. The maximum absolute atomic E-state index is 13.4. The molecule has 0 spiro atoms. The van der Waals surface area contributed by atoms with E-state index in [0.717, 1.165) is 18.5 Å². The lowest BCUT2D eigenvalue weighted by Gasteiger charge is -2.17. The largest absolute Gasteiger partial charge is 0.497 e. The minimum absolute atomic E-state index is 0. The highest BCUT2D eigenvalue weighted by Crippen LogP contribution is 2.30. The summed E-state index contributed by atoms with van der Waals surface area (Å²) < 4.78 is 18.9. The van der Waals surface area contributed by atoms with Gasteiger partial charge in [0, 0.05) is 12.6 Å². The Labute approximate surface area is 193 Å². The molecule has 0 saturated carbocycles. The number of benzene rings is 2. The van der Waals surface area contributed by atoms with E-state index in [9.17, 15) is 9.59 Å². The summed E-state index contributed by atoms with van der Waals surface area (Å²) in [6.45, 7) is 1.46. The van der Waals surface area contributed by atoms with Gasteiger partial charge in [-0.05, 0) is 50.8 Å². The molecule has 0 N–H and O–H groups in total. The second-order valence-electron chi connectivity index (χ2n) is 7.55. The van der Waals surface area contributed by atoms with Gasteiger partial charge in [-0.3, -0.25) is 13.9 Å². The molecule has 0 aliphatic heterocycles. The summed E-state index contributed by atoms with van der Waals surface area (Å²) in [5.41, 5.74) is 0.664. The number of halogens is 1. The fourth-order valence-electron chi connectivity index (χ4n) is 3.56. The summed E-state index contributed by atoms with van der Waals surface area (Å²) in [7, 11) is 8.62. The molecule has 0 saturated heterocycles. The molecule has 1 heterocycles. The molecule has 0 aliphatic carbocycles. The van der Waals surface area contributed by atoms with Crippen molar-refractivity contribution >= 4 is 23.3 Å². The highest BCUT2D eigenvalue weighted by Gasteiger charge is 2.17. The van der Waals surface area contributed by atoms with Crippen LogP contribution in [0.3, 0.4) is 0 Å². The van der Waals surface area contributed by atoms with Crippen molar-refractivity contribution in [2.75, 3.05) is 42.0 Å². The van der Waals surface area contributed by atoms with Gasteiger partial charge in [-0.15, -0.1) is 12.4 Å². The van der Waals surface area contributed by atoms with Gasteiger partial charge in [0.1, 0.15) is 5.75 Å². The fourth-order valence-corrected chi connectivity index (χ4v) is 3.56. The Kier molecular flexibility index (Phi) is 8.74. The summed E-state index contributed by atoms with van der Waals surface area (Å²) >= 11 is 0. The van der Waals surface area contributed by atoms with Crippen molar-refractivity contribution < 1.29 is 14.2 Å². The summed E-state index contributed by atoms with van der Waals surface area (Å²) in [6.07, 6.45) is 0.761. The molecule has 0 atom stereocenters. The van der Waals surface area contributed by atoms with E-state index in [1.165, 1.54) is 18.8 Å². The predicted octanol–water partition coefficient (Wildman–Crippen LogP) is 2.61. The van der Waals surface area contributed by atoms with Crippen molar-refractivity contribution in [1.29, 1.82) is 0 Å². The zero-order valence-corrected chi connectivity index (χ0v) is 19.9. The van der Waals surface area contributed by atoms with Crippen molar-refractivity contribution in [1.82, 2.24) is 14.0 Å². The molecular weight excluding hydrogens is 434 g/mol. The molecular formula is C23H30ClN3O5. The third-order valence-electron chi connectivity index (χ3n) is 5.22. The van der Waals surface area contributed by atoms with E-state index in [0.29, 0.717) is 34.7 Å². The highest BCUT2D eigenvalue weighted by molar-refractivity contribution is 5.85. The Hall–Kier alpha value is -2.97. The number of methoxy groups -OCH3 is 3. The molecule has 0 fully saturated rings. The number of rotatable bonds is 9. The third kappa shape index (κ3) is 5.26. The van der Waals surface area contributed by atoms with Crippen LogP contribution in [0.5, 0.6) is 17.2 Å². The summed E-state index contributed by atoms with van der Waals surface area (Å²) in [5, 5.41) is 0.413. The van der Waals surface area contributed by atoms with Gasteiger partial charge in [0.2, 0.25) is 0 Å². The lowest BCUT2D eigenvalue weighted by Crippen LogP contribution is -2.40. The third-order valence-corrected chi connectivity index (χ3v) is 5.22. The normalized spacial score (nSPS) is 10.8. The number of fused-ring (bicyclic) bond motifs is 1. The molecule has 174 valence electrons. The number of aryl methyl sites for hydroxylation is 1. The smallest absolute Gasteiger partial charge is 0.331 e. The van der Waals surface area contributed by atoms with Gasteiger partial charge in [0.25, 0.3) is 5.56 Å². The number of hydrogen-bond acceptors (Lipinski definition) is 6. The van der Waals surface area contributed by atoms with Crippen LogP contribution in [0, 0.1) is 0 Å². The van der Waals surface area contributed by atoms with Gasteiger partial charge in [-0.1, -0.05) is 12.1 Å². The van der Waals surface area contributed by atoms with Gasteiger partial charge in [-0.2, -0.15) is 0 Å². The molecule has 8 nitrogen and oxygen atoms in total. The topological polar surface area (TPSA) is 74.9 Å². The van der Waals surface area contributed by atoms with Crippen LogP contribution in [0.4, 0.5) is 0 Å². The standard InChI is InChI=1S/C23H29N3O5.ClH/c1-24(2)11-6-12-25-19-14-21(31-5)20(30-4)13-18(19)22(27)26(23(25)28)15-16-7-9-17(29-3)10-8-16;/h7-10,13-14H,6,11-12,15H2,1-5H3;1H. The number of hydrogen-bond donors (Lipinski definition) is 0. The molecule has 0 unspecified atom stereocenters. The first-order chi connectivity index (χ1) is 14.9. The Morgan fingerprint density at radius 3 is 2.06 bits per heavy atom. The molecule has 3 rings (SSSR count). The van der Waals surface area contributed by atoms with Crippen molar-refractivity contribution in [2.24, 2.45) is 0 Å². The first-order valence-corrected chi connectivity index (χ1v) is 10.1. The molecule has 0 radical (unpaired) electrons. The molecule has 9 heteroatoms. The first kappa shape index (κ1) is 25.3. The van der Waals surface area contributed by atoms with Crippen molar-refractivity contribution in [2.45, 2.75) is 19.5 Å². The van der Waals surface area contributed by atoms with Crippen molar-refractivity contribution in [3.8, 4) is 17.2 Å². The molecule has 3 aromatic rings. The minimum Gasteiger partial charge on any atom is -0.497 e. The Morgan fingerprint density at radius 1 is 0.875 bits per heavy atom. The average molecular weight is 464 g/mol. The average Bonchev–Trinajstić information content (AvgIpc) is 2.78. The summed E-state index contributed by atoms with van der Waals surface area (Å²) in [6, 6.07) is 10.7. The quantitative estimate of drug-likeness (QED) is 0.485. The molecule has 0 bridgehead atoms. The summed E-state index contributed by atoms with van der Waals surface area (Å²) in [5.74, 6) is 1.64. The summed E-state index contributed by atoms with van der Waals surface area (Å²) in [4.78, 5) is 28.7. The fraction of sp³-hybridized carbons (Fsp3) is 0.391. The van der Waals surface area contributed by atoms with Gasteiger partial charge in [0.05, 0.1) is 38.8 Å². The van der Waals surface area contributed by atoms with E-state index in [4.69, 9.17) is 14.2 Å². The van der Waals surface area contributed by atoms with E-state index in [2.05, 4.69) is 4.90 Å². The van der Waals surface area contributed by atoms with Crippen molar-refractivity contribution in [3.05, 3.63) is 62.8 Å². The Bertz CT molecular complexity index is 1170. The number of nitrogens with zero attached hydrogens (tertiary/aromatic N) is 3. The van der Waals surface area contributed by atoms with Crippen LogP contribution in [0.25, 0.3) is 10.9 Å².